The number of aromatic nitrogens is 2. The van der Waals surface area contributed by atoms with Crippen LogP contribution in [0.1, 0.15) is 40.5 Å². The van der Waals surface area contributed by atoms with Crippen molar-refractivity contribution < 1.29 is 18.7 Å². The molecular formula is C24H25ClFN3O3. The molecule has 1 aromatic heterocycles. The van der Waals surface area contributed by atoms with Crippen LogP contribution in [0.3, 0.4) is 0 Å². The molecule has 6 nitrogen and oxygen atoms in total. The quantitative estimate of drug-likeness (QED) is 0.528. The van der Waals surface area contributed by atoms with E-state index >= 15 is 0 Å². The Morgan fingerprint density at radius 2 is 1.84 bits per heavy atom. The van der Waals surface area contributed by atoms with E-state index in [1.54, 1.807) is 16.8 Å². The van der Waals surface area contributed by atoms with E-state index in [9.17, 15) is 14.0 Å². The summed E-state index contributed by atoms with van der Waals surface area (Å²) in [6.07, 6.45) is 0.0170. The minimum absolute atomic E-state index is 0.0625. The average molecular weight is 458 g/mol. The number of amides is 1. The lowest BCUT2D eigenvalue weighted by Gasteiger charge is -2.18. The van der Waals surface area contributed by atoms with E-state index < -0.39 is 17.8 Å². The van der Waals surface area contributed by atoms with Gasteiger partial charge in [0.1, 0.15) is 5.82 Å². The van der Waals surface area contributed by atoms with Crippen molar-refractivity contribution in [2.75, 3.05) is 7.11 Å². The van der Waals surface area contributed by atoms with Crippen LogP contribution in [0.15, 0.2) is 42.5 Å². The molecule has 3 aromatic rings. The fourth-order valence-electron chi connectivity index (χ4n) is 3.50. The van der Waals surface area contributed by atoms with Crippen molar-refractivity contribution in [3.8, 4) is 5.69 Å². The molecule has 1 unspecified atom stereocenters. The largest absolute Gasteiger partial charge is 0.469 e. The number of carbonyl (C=O) groups excluding carboxylic acids is 2. The number of hydrogen-bond donors (Lipinski definition) is 1. The van der Waals surface area contributed by atoms with Gasteiger partial charge in [0.2, 0.25) is 5.91 Å². The number of nitrogens with one attached hydrogen (secondary N) is 1. The maximum atomic E-state index is 13.3. The molecule has 2 aromatic carbocycles. The third kappa shape index (κ3) is 5.34. The second-order valence-corrected chi connectivity index (χ2v) is 8.03. The molecule has 0 saturated heterocycles. The van der Waals surface area contributed by atoms with Crippen LogP contribution in [0.25, 0.3) is 5.69 Å². The zero-order chi connectivity index (χ0) is 23.4. The Balaban J connectivity index is 1.82. The van der Waals surface area contributed by atoms with E-state index in [2.05, 4.69) is 10.4 Å². The highest BCUT2D eigenvalue weighted by Gasteiger charge is 2.22. The molecule has 1 N–H and O–H groups in total. The van der Waals surface area contributed by atoms with Crippen LogP contribution in [0.5, 0.6) is 0 Å². The molecule has 1 heterocycles. The van der Waals surface area contributed by atoms with Crippen molar-refractivity contribution in [1.29, 1.82) is 0 Å². The van der Waals surface area contributed by atoms with Crippen molar-refractivity contribution in [2.24, 2.45) is 0 Å². The number of aryl methyl sites for hydroxylation is 2. The normalized spacial score (nSPS) is 11.8. The number of benzene rings is 2. The molecular weight excluding hydrogens is 433 g/mol. The zero-order valence-electron chi connectivity index (χ0n) is 18.4. The minimum atomic E-state index is -0.637. The summed E-state index contributed by atoms with van der Waals surface area (Å²) >= 11 is 6.26. The second kappa shape index (κ2) is 9.96. The first kappa shape index (κ1) is 23.5. The summed E-state index contributed by atoms with van der Waals surface area (Å²) in [5, 5.41) is 8.08. The van der Waals surface area contributed by atoms with Gasteiger partial charge in [-0.3, -0.25) is 9.59 Å². The topological polar surface area (TPSA) is 73.2 Å². The van der Waals surface area contributed by atoms with Gasteiger partial charge in [-0.2, -0.15) is 5.10 Å². The predicted molar refractivity (Wildman–Crippen MR) is 120 cm³/mol. The van der Waals surface area contributed by atoms with Gasteiger partial charge in [-0.05, 0) is 56.2 Å². The summed E-state index contributed by atoms with van der Waals surface area (Å²) in [7, 11) is 1.28. The minimum Gasteiger partial charge on any atom is -0.469 e. The van der Waals surface area contributed by atoms with Crippen LogP contribution in [0, 0.1) is 26.6 Å². The third-order valence-electron chi connectivity index (χ3n) is 5.38. The van der Waals surface area contributed by atoms with E-state index in [0.29, 0.717) is 10.6 Å². The van der Waals surface area contributed by atoms with Crippen LogP contribution in [-0.4, -0.2) is 28.8 Å². The van der Waals surface area contributed by atoms with E-state index in [4.69, 9.17) is 16.3 Å². The van der Waals surface area contributed by atoms with Gasteiger partial charge in [0.15, 0.2) is 0 Å². The highest BCUT2D eigenvalue weighted by atomic mass is 35.5. The maximum absolute atomic E-state index is 13.3. The summed E-state index contributed by atoms with van der Waals surface area (Å²) in [4.78, 5) is 24.7. The maximum Gasteiger partial charge on any atom is 0.307 e. The van der Waals surface area contributed by atoms with Gasteiger partial charge in [-0.15, -0.1) is 0 Å². The third-order valence-corrected chi connectivity index (χ3v) is 5.79. The summed E-state index contributed by atoms with van der Waals surface area (Å²) in [5.74, 6) is -1.15. The first-order valence-corrected chi connectivity index (χ1v) is 10.5. The zero-order valence-corrected chi connectivity index (χ0v) is 19.2. The fourth-order valence-corrected chi connectivity index (χ4v) is 3.67. The molecule has 3 rings (SSSR count). The molecule has 0 aliphatic carbocycles. The molecule has 0 bridgehead atoms. The van der Waals surface area contributed by atoms with E-state index in [1.165, 1.54) is 19.2 Å². The Bertz CT molecular complexity index is 1140. The number of esters is 1. The SMILES string of the molecule is COC(=O)CC(NC(=O)Cc1c(C)nn(-c2ccc(C)c(Cl)c2)c1C)c1ccc(F)cc1. The molecule has 0 aliphatic heterocycles. The summed E-state index contributed by atoms with van der Waals surface area (Å²) in [5.41, 5.74) is 4.72. The monoisotopic (exact) mass is 457 g/mol. The summed E-state index contributed by atoms with van der Waals surface area (Å²) in [6.45, 7) is 5.66. The van der Waals surface area contributed by atoms with Crippen molar-refractivity contribution in [2.45, 2.75) is 39.7 Å². The van der Waals surface area contributed by atoms with Gasteiger partial charge in [-0.1, -0.05) is 29.8 Å². The Kier molecular flexibility index (Phi) is 7.30. The molecule has 32 heavy (non-hydrogen) atoms. The van der Waals surface area contributed by atoms with Crippen molar-refractivity contribution >= 4 is 23.5 Å². The molecule has 0 spiro atoms. The van der Waals surface area contributed by atoms with Crippen LogP contribution < -0.4 is 5.32 Å². The lowest BCUT2D eigenvalue weighted by Crippen LogP contribution is -2.32. The highest BCUT2D eigenvalue weighted by Crippen LogP contribution is 2.24. The number of ether oxygens (including phenoxy) is 1. The lowest BCUT2D eigenvalue weighted by atomic mass is 10.0. The molecule has 8 heteroatoms. The molecule has 0 radical (unpaired) electrons. The highest BCUT2D eigenvalue weighted by molar-refractivity contribution is 6.31. The molecule has 168 valence electrons. The Morgan fingerprint density at radius 1 is 1.16 bits per heavy atom. The van der Waals surface area contributed by atoms with Crippen molar-refractivity contribution in [3.05, 3.63) is 81.4 Å². The average Bonchev–Trinajstić information content (AvgIpc) is 3.04. The standard InChI is InChI=1S/C24H25ClFN3O3/c1-14-5-10-19(11-21(14)25)29-16(3)20(15(2)28-29)12-23(30)27-22(13-24(31)32-4)17-6-8-18(26)9-7-17/h5-11,22H,12-13H2,1-4H3,(H,27,30). The number of rotatable bonds is 7. The van der Waals surface area contributed by atoms with Gasteiger partial charge in [0.25, 0.3) is 0 Å². The number of methoxy groups -OCH3 is 1. The number of carbonyl (C=O) groups is 2. The van der Waals surface area contributed by atoms with E-state index in [0.717, 1.165) is 28.2 Å². The molecule has 0 fully saturated rings. The van der Waals surface area contributed by atoms with Gasteiger partial charge in [0.05, 0.1) is 37.4 Å². The van der Waals surface area contributed by atoms with Crippen molar-refractivity contribution in [3.63, 3.8) is 0 Å². The van der Waals surface area contributed by atoms with E-state index in [1.807, 2.05) is 39.0 Å². The number of hydrogen-bond acceptors (Lipinski definition) is 4. The molecule has 1 atom stereocenters. The Labute approximate surface area is 191 Å². The smallest absolute Gasteiger partial charge is 0.307 e. The Morgan fingerprint density at radius 3 is 2.47 bits per heavy atom. The van der Waals surface area contributed by atoms with Crippen LogP contribution in [0.2, 0.25) is 5.02 Å². The predicted octanol–water partition coefficient (Wildman–Crippen LogP) is 4.55. The van der Waals surface area contributed by atoms with Gasteiger partial charge in [-0.25, -0.2) is 9.07 Å². The first-order valence-electron chi connectivity index (χ1n) is 10.1. The van der Waals surface area contributed by atoms with E-state index in [-0.39, 0.29) is 18.7 Å². The Hall–Kier alpha value is -3.19. The number of halogens is 2. The second-order valence-electron chi connectivity index (χ2n) is 7.62. The van der Waals surface area contributed by atoms with Gasteiger partial charge < -0.3 is 10.1 Å². The lowest BCUT2D eigenvalue weighted by molar-refractivity contribution is -0.141. The number of nitrogens with zero attached hydrogens (tertiary/aromatic N) is 2. The van der Waals surface area contributed by atoms with Gasteiger partial charge in [0, 0.05) is 16.3 Å². The molecule has 0 saturated carbocycles. The molecule has 1 amide bonds. The van der Waals surface area contributed by atoms with Crippen LogP contribution in [-0.2, 0) is 20.7 Å². The summed E-state index contributed by atoms with van der Waals surface area (Å²) < 4.78 is 19.8. The summed E-state index contributed by atoms with van der Waals surface area (Å²) in [6, 6.07) is 10.7. The fraction of sp³-hybridized carbons (Fsp3) is 0.292. The van der Waals surface area contributed by atoms with Crippen molar-refractivity contribution in [1.82, 2.24) is 15.1 Å². The first-order chi connectivity index (χ1) is 15.2. The van der Waals surface area contributed by atoms with Crippen LogP contribution in [0.4, 0.5) is 4.39 Å². The molecule has 0 aliphatic rings. The van der Waals surface area contributed by atoms with Gasteiger partial charge >= 0.3 is 5.97 Å². The van der Waals surface area contributed by atoms with Crippen LogP contribution >= 0.6 is 11.6 Å².